The first-order chi connectivity index (χ1) is 15.1. The van der Waals surface area contributed by atoms with E-state index in [9.17, 15) is 10.1 Å². The maximum absolute atomic E-state index is 11.9. The van der Waals surface area contributed by atoms with Crippen LogP contribution in [0.3, 0.4) is 0 Å². The molecule has 0 radical (unpaired) electrons. The molecule has 2 aromatic carbocycles. The highest BCUT2D eigenvalue weighted by molar-refractivity contribution is 5.98. The Balaban J connectivity index is 1.61. The smallest absolute Gasteiger partial charge is 0.340 e. The monoisotopic (exact) mass is 406 g/mol. The lowest BCUT2D eigenvalue weighted by atomic mass is 10.00. The Kier molecular flexibility index (Phi) is 4.57. The third kappa shape index (κ3) is 3.36. The third-order valence-corrected chi connectivity index (χ3v) is 5.51. The van der Waals surface area contributed by atoms with Crippen LogP contribution in [0, 0.1) is 11.3 Å². The quantitative estimate of drug-likeness (QED) is 0.479. The molecule has 1 aliphatic rings. The molecule has 0 fully saturated rings. The van der Waals surface area contributed by atoms with E-state index in [1.807, 2.05) is 48.5 Å². The second kappa shape index (κ2) is 7.54. The number of anilines is 1. The molecular formula is C25H18N4O2. The zero-order valence-corrected chi connectivity index (χ0v) is 16.8. The number of pyridine rings is 2. The third-order valence-electron chi connectivity index (χ3n) is 5.51. The number of fused-ring (bicyclic) bond motifs is 2. The molecular weight excluding hydrogens is 388 g/mol. The Morgan fingerprint density at radius 3 is 2.71 bits per heavy atom. The number of esters is 1. The lowest BCUT2D eigenvalue weighted by Gasteiger charge is -2.18. The molecule has 1 N–H and O–H groups in total. The minimum atomic E-state index is -0.349. The Bertz CT molecular complexity index is 1360. The molecule has 6 nitrogen and oxygen atoms in total. The van der Waals surface area contributed by atoms with Crippen LogP contribution in [0.25, 0.3) is 22.0 Å². The Morgan fingerprint density at radius 2 is 1.90 bits per heavy atom. The number of aromatic nitrogens is 2. The number of carbonyl (C=O) groups excluding carboxylic acids is 1. The molecule has 150 valence electrons. The maximum atomic E-state index is 11.9. The molecule has 0 saturated heterocycles. The Labute approximate surface area is 179 Å². The maximum Gasteiger partial charge on any atom is 0.340 e. The Morgan fingerprint density at radius 1 is 1.06 bits per heavy atom. The summed E-state index contributed by atoms with van der Waals surface area (Å²) in [6.07, 6.45) is 3.33. The minimum absolute atomic E-state index is 0.000937. The predicted molar refractivity (Wildman–Crippen MR) is 117 cm³/mol. The molecule has 5 rings (SSSR count). The first kappa shape index (κ1) is 18.8. The van der Waals surface area contributed by atoms with Crippen LogP contribution >= 0.6 is 0 Å². The van der Waals surface area contributed by atoms with Gasteiger partial charge in [-0.1, -0.05) is 36.4 Å². The fraction of sp³-hybridized carbons (Fsp3) is 0.120. The summed E-state index contributed by atoms with van der Waals surface area (Å²) in [5, 5.41) is 14.0. The van der Waals surface area contributed by atoms with Crippen LogP contribution in [0.2, 0.25) is 0 Å². The van der Waals surface area contributed by atoms with Crippen molar-refractivity contribution in [2.24, 2.45) is 0 Å². The number of carbonyl (C=O) groups is 1. The van der Waals surface area contributed by atoms with Gasteiger partial charge in [-0.25, -0.2) is 4.79 Å². The summed E-state index contributed by atoms with van der Waals surface area (Å²) in [4.78, 5) is 20.8. The van der Waals surface area contributed by atoms with Gasteiger partial charge >= 0.3 is 5.97 Å². The van der Waals surface area contributed by atoms with E-state index in [0.717, 1.165) is 33.3 Å². The van der Waals surface area contributed by atoms with E-state index in [-0.39, 0.29) is 18.6 Å². The molecule has 1 unspecified atom stereocenters. The summed E-state index contributed by atoms with van der Waals surface area (Å²) in [7, 11) is 0. The first-order valence-electron chi connectivity index (χ1n) is 9.95. The van der Waals surface area contributed by atoms with Gasteiger partial charge in [-0.05, 0) is 36.2 Å². The van der Waals surface area contributed by atoms with Crippen LogP contribution in [-0.2, 0) is 11.3 Å². The molecule has 0 saturated carbocycles. The topological polar surface area (TPSA) is 87.9 Å². The van der Waals surface area contributed by atoms with Crippen molar-refractivity contribution in [1.29, 1.82) is 5.26 Å². The summed E-state index contributed by atoms with van der Waals surface area (Å²) < 4.78 is 5.06. The molecule has 0 amide bonds. The fourth-order valence-electron chi connectivity index (χ4n) is 3.81. The second-order valence-electron chi connectivity index (χ2n) is 7.46. The van der Waals surface area contributed by atoms with Gasteiger partial charge in [0.2, 0.25) is 0 Å². The molecule has 0 spiro atoms. The molecule has 0 aliphatic carbocycles. The van der Waals surface area contributed by atoms with Crippen LogP contribution < -0.4 is 5.32 Å². The van der Waals surface area contributed by atoms with E-state index in [0.29, 0.717) is 16.8 Å². The molecule has 0 bridgehead atoms. The largest absolute Gasteiger partial charge is 0.456 e. The van der Waals surface area contributed by atoms with Crippen LogP contribution in [0.5, 0.6) is 0 Å². The highest BCUT2D eigenvalue weighted by atomic mass is 16.5. The molecule has 2 aromatic heterocycles. The minimum Gasteiger partial charge on any atom is -0.456 e. The summed E-state index contributed by atoms with van der Waals surface area (Å²) in [5.74, 6) is -0.349. The lowest BCUT2D eigenvalue weighted by Crippen LogP contribution is -2.08. The van der Waals surface area contributed by atoms with Crippen LogP contribution in [0.4, 0.5) is 5.69 Å². The molecule has 6 heteroatoms. The van der Waals surface area contributed by atoms with Gasteiger partial charge in [-0.2, -0.15) is 5.26 Å². The first-order valence-corrected chi connectivity index (χ1v) is 9.95. The van der Waals surface area contributed by atoms with Crippen molar-refractivity contribution in [1.82, 2.24) is 9.97 Å². The van der Waals surface area contributed by atoms with Gasteiger partial charge in [-0.15, -0.1) is 0 Å². The van der Waals surface area contributed by atoms with E-state index in [4.69, 9.17) is 4.74 Å². The highest BCUT2D eigenvalue weighted by Gasteiger charge is 2.23. The van der Waals surface area contributed by atoms with Crippen molar-refractivity contribution in [2.75, 3.05) is 5.32 Å². The zero-order chi connectivity index (χ0) is 21.4. The summed E-state index contributed by atoms with van der Waals surface area (Å²) in [6.45, 7) is 2.27. The standard InChI is InChI=1S/C25H18N4O2/c1-15(16-5-3-2-4-6-16)29-24-19(11-26)13-27-22-8-7-17(9-20(22)24)18-10-21-23(28-12-18)14-31-25(21)30/h2-10,12-13,15H,14H2,1H3,(H,27,29). The van der Waals surface area contributed by atoms with Crippen molar-refractivity contribution >= 4 is 22.6 Å². The van der Waals surface area contributed by atoms with Gasteiger partial charge < -0.3 is 10.1 Å². The van der Waals surface area contributed by atoms with Gasteiger partial charge in [0.1, 0.15) is 12.7 Å². The van der Waals surface area contributed by atoms with E-state index in [2.05, 4.69) is 28.3 Å². The van der Waals surface area contributed by atoms with Crippen molar-refractivity contribution in [2.45, 2.75) is 19.6 Å². The fourth-order valence-corrected chi connectivity index (χ4v) is 3.81. The average Bonchev–Trinajstić information content (AvgIpc) is 3.19. The van der Waals surface area contributed by atoms with Gasteiger partial charge in [0.25, 0.3) is 0 Å². The summed E-state index contributed by atoms with van der Waals surface area (Å²) >= 11 is 0. The lowest BCUT2D eigenvalue weighted by molar-refractivity contribution is 0.0533. The number of rotatable bonds is 4. The molecule has 1 aliphatic heterocycles. The van der Waals surface area contributed by atoms with E-state index < -0.39 is 0 Å². The van der Waals surface area contributed by atoms with Crippen LogP contribution in [0.1, 0.15) is 40.1 Å². The number of benzene rings is 2. The van der Waals surface area contributed by atoms with Gasteiger partial charge in [0.05, 0.1) is 28.0 Å². The van der Waals surface area contributed by atoms with E-state index >= 15 is 0 Å². The van der Waals surface area contributed by atoms with Crippen molar-refractivity contribution in [3.8, 4) is 17.2 Å². The number of nitriles is 1. The SMILES string of the molecule is CC(Nc1c(C#N)cnc2ccc(-c3cnc4c(c3)C(=O)OC4)cc12)c1ccccc1. The molecule has 3 heterocycles. The van der Waals surface area contributed by atoms with Gasteiger partial charge in [-0.3, -0.25) is 9.97 Å². The van der Waals surface area contributed by atoms with Gasteiger partial charge in [0.15, 0.2) is 0 Å². The predicted octanol–water partition coefficient (Wildman–Crippen LogP) is 5.01. The molecule has 4 aromatic rings. The van der Waals surface area contributed by atoms with E-state index in [1.54, 1.807) is 18.5 Å². The van der Waals surface area contributed by atoms with Crippen LogP contribution in [0.15, 0.2) is 67.0 Å². The molecule has 31 heavy (non-hydrogen) atoms. The normalized spacial score (nSPS) is 13.4. The number of nitrogens with one attached hydrogen (secondary N) is 1. The van der Waals surface area contributed by atoms with Crippen LogP contribution in [-0.4, -0.2) is 15.9 Å². The summed E-state index contributed by atoms with van der Waals surface area (Å²) in [5.41, 5.74) is 5.95. The van der Waals surface area contributed by atoms with Gasteiger partial charge in [0, 0.05) is 29.4 Å². The van der Waals surface area contributed by atoms with Crippen molar-refractivity contribution < 1.29 is 9.53 Å². The van der Waals surface area contributed by atoms with Crippen molar-refractivity contribution in [3.05, 3.63) is 89.4 Å². The number of cyclic esters (lactones) is 1. The number of hydrogen-bond donors (Lipinski definition) is 1. The number of nitrogens with zero attached hydrogens (tertiary/aromatic N) is 3. The van der Waals surface area contributed by atoms with Crippen molar-refractivity contribution in [3.63, 3.8) is 0 Å². The van der Waals surface area contributed by atoms with E-state index in [1.165, 1.54) is 0 Å². The molecule has 1 atom stereocenters. The Hall–Kier alpha value is -4.24. The second-order valence-corrected chi connectivity index (χ2v) is 7.46. The average molecular weight is 406 g/mol. The zero-order valence-electron chi connectivity index (χ0n) is 16.8. The number of ether oxygens (including phenoxy) is 1. The number of hydrogen-bond acceptors (Lipinski definition) is 6. The highest BCUT2D eigenvalue weighted by Crippen LogP contribution is 2.33. The summed E-state index contributed by atoms with van der Waals surface area (Å²) in [6, 6.07) is 19.9.